The summed E-state index contributed by atoms with van der Waals surface area (Å²) in [6.07, 6.45) is 8.82. The molecule has 0 bridgehead atoms. The molecule has 19 heavy (non-hydrogen) atoms. The summed E-state index contributed by atoms with van der Waals surface area (Å²) in [4.78, 5) is 12.5. The van der Waals surface area contributed by atoms with Crippen LogP contribution in [0.2, 0.25) is 0 Å². The highest BCUT2D eigenvalue weighted by molar-refractivity contribution is 5.78. The predicted octanol–water partition coefficient (Wildman–Crippen LogP) is 2.79. The van der Waals surface area contributed by atoms with Gasteiger partial charge in [-0.1, -0.05) is 12.1 Å². The second-order valence-electron chi connectivity index (χ2n) is 4.14. The van der Waals surface area contributed by atoms with Crippen LogP contribution in [0.5, 0.6) is 0 Å². The molecule has 4 heteroatoms. The van der Waals surface area contributed by atoms with Gasteiger partial charge in [-0.25, -0.2) is 4.98 Å². The van der Waals surface area contributed by atoms with E-state index in [0.29, 0.717) is 5.82 Å². The van der Waals surface area contributed by atoms with E-state index in [9.17, 15) is 0 Å². The van der Waals surface area contributed by atoms with Gasteiger partial charge in [0.25, 0.3) is 0 Å². The molecule has 0 atom stereocenters. The third-order valence-corrected chi connectivity index (χ3v) is 2.89. The lowest BCUT2D eigenvalue weighted by molar-refractivity contribution is 1.29. The van der Waals surface area contributed by atoms with Gasteiger partial charge < -0.3 is 5.73 Å². The lowest BCUT2D eigenvalue weighted by Crippen LogP contribution is -1.95. The number of anilines is 1. The average molecular weight is 248 g/mol. The van der Waals surface area contributed by atoms with Crippen molar-refractivity contribution < 1.29 is 0 Å². The van der Waals surface area contributed by atoms with Crippen LogP contribution < -0.4 is 5.73 Å². The molecular weight excluding hydrogens is 236 g/mol. The van der Waals surface area contributed by atoms with Crippen molar-refractivity contribution >= 4 is 5.82 Å². The molecule has 4 nitrogen and oxygen atoms in total. The minimum Gasteiger partial charge on any atom is -0.383 e. The number of nitrogens with two attached hydrogens (primary N) is 1. The molecule has 0 aliphatic heterocycles. The molecule has 0 saturated heterocycles. The molecular formula is C15H12N4. The maximum absolute atomic E-state index is 5.95. The second-order valence-corrected chi connectivity index (χ2v) is 4.14. The van der Waals surface area contributed by atoms with Crippen LogP contribution in [0.15, 0.2) is 61.3 Å². The summed E-state index contributed by atoms with van der Waals surface area (Å²) in [5.74, 6) is 0.501. The van der Waals surface area contributed by atoms with E-state index >= 15 is 0 Å². The summed E-state index contributed by atoms with van der Waals surface area (Å²) in [6, 6.07) is 9.75. The minimum absolute atomic E-state index is 0.501. The molecule has 3 heterocycles. The van der Waals surface area contributed by atoms with E-state index in [1.807, 2.05) is 30.3 Å². The number of hydrogen-bond acceptors (Lipinski definition) is 4. The molecule has 0 unspecified atom stereocenters. The van der Waals surface area contributed by atoms with Crippen LogP contribution in [-0.4, -0.2) is 15.0 Å². The SMILES string of the molecule is Nc1ncc(-c2cccnc2)cc1-c1cccnc1. The van der Waals surface area contributed by atoms with Gasteiger partial charge in [0.1, 0.15) is 5.82 Å². The Hall–Kier alpha value is -2.75. The molecule has 3 aromatic rings. The Balaban J connectivity index is 2.12. The molecule has 0 fully saturated rings. The van der Waals surface area contributed by atoms with Gasteiger partial charge in [-0.05, 0) is 18.2 Å². The summed E-state index contributed by atoms with van der Waals surface area (Å²) in [5.41, 5.74) is 9.79. The molecule has 0 saturated carbocycles. The average Bonchev–Trinajstić information content (AvgIpc) is 2.49. The van der Waals surface area contributed by atoms with Gasteiger partial charge in [0.15, 0.2) is 0 Å². The Morgan fingerprint density at radius 2 is 1.47 bits per heavy atom. The topological polar surface area (TPSA) is 64.7 Å². The van der Waals surface area contributed by atoms with Crippen LogP contribution in [0.1, 0.15) is 0 Å². The fourth-order valence-corrected chi connectivity index (χ4v) is 1.92. The first-order chi connectivity index (χ1) is 9.34. The molecule has 0 aromatic carbocycles. The molecule has 3 rings (SSSR count). The van der Waals surface area contributed by atoms with E-state index in [-0.39, 0.29) is 0 Å². The van der Waals surface area contributed by atoms with E-state index in [1.165, 1.54) is 0 Å². The highest BCUT2D eigenvalue weighted by Crippen LogP contribution is 2.28. The summed E-state index contributed by atoms with van der Waals surface area (Å²) in [7, 11) is 0. The van der Waals surface area contributed by atoms with Gasteiger partial charge in [-0.2, -0.15) is 0 Å². The van der Waals surface area contributed by atoms with Crippen molar-refractivity contribution in [1.82, 2.24) is 15.0 Å². The molecule has 0 amide bonds. The normalized spacial score (nSPS) is 10.3. The number of pyridine rings is 3. The first-order valence-electron chi connectivity index (χ1n) is 5.91. The third kappa shape index (κ3) is 2.28. The van der Waals surface area contributed by atoms with Crippen LogP contribution in [0.25, 0.3) is 22.3 Å². The lowest BCUT2D eigenvalue weighted by atomic mass is 10.0. The zero-order valence-electron chi connectivity index (χ0n) is 10.2. The maximum atomic E-state index is 5.95. The first-order valence-corrected chi connectivity index (χ1v) is 5.91. The summed E-state index contributed by atoms with van der Waals surface area (Å²) in [5, 5.41) is 0. The molecule has 3 aromatic heterocycles. The Morgan fingerprint density at radius 3 is 2.11 bits per heavy atom. The number of nitrogen functional groups attached to an aromatic ring is 1. The van der Waals surface area contributed by atoms with Crippen molar-refractivity contribution in [2.24, 2.45) is 0 Å². The second kappa shape index (κ2) is 4.86. The van der Waals surface area contributed by atoms with Crippen LogP contribution in [0, 0.1) is 0 Å². The number of hydrogen-bond donors (Lipinski definition) is 1. The number of aromatic nitrogens is 3. The van der Waals surface area contributed by atoms with Crippen LogP contribution in [0.4, 0.5) is 5.82 Å². The van der Waals surface area contributed by atoms with Crippen molar-refractivity contribution in [3.63, 3.8) is 0 Å². The summed E-state index contributed by atoms with van der Waals surface area (Å²) < 4.78 is 0. The van der Waals surface area contributed by atoms with E-state index in [2.05, 4.69) is 15.0 Å². The molecule has 0 radical (unpaired) electrons. The molecule has 0 aliphatic rings. The smallest absolute Gasteiger partial charge is 0.131 e. The van der Waals surface area contributed by atoms with Gasteiger partial charge in [-0.3, -0.25) is 9.97 Å². The van der Waals surface area contributed by atoms with E-state index < -0.39 is 0 Å². The van der Waals surface area contributed by atoms with Crippen molar-refractivity contribution in [3.05, 3.63) is 61.3 Å². The molecule has 0 spiro atoms. The lowest BCUT2D eigenvalue weighted by Gasteiger charge is -2.07. The standard InChI is InChI=1S/C15H12N4/c16-15-14(12-4-2-6-18-9-12)7-13(10-19-15)11-3-1-5-17-8-11/h1-10H,(H2,16,19). The Kier molecular flexibility index (Phi) is 2.90. The third-order valence-electron chi connectivity index (χ3n) is 2.89. The van der Waals surface area contributed by atoms with Crippen molar-refractivity contribution in [2.45, 2.75) is 0 Å². The number of rotatable bonds is 2. The van der Waals surface area contributed by atoms with Crippen molar-refractivity contribution in [1.29, 1.82) is 0 Å². The zero-order chi connectivity index (χ0) is 13.1. The monoisotopic (exact) mass is 248 g/mol. The zero-order valence-corrected chi connectivity index (χ0v) is 10.2. The largest absolute Gasteiger partial charge is 0.383 e. The Labute approximate surface area is 111 Å². The van der Waals surface area contributed by atoms with Crippen LogP contribution in [0.3, 0.4) is 0 Å². The summed E-state index contributed by atoms with van der Waals surface area (Å²) in [6.45, 7) is 0. The van der Waals surface area contributed by atoms with E-state index in [1.54, 1.807) is 31.0 Å². The minimum atomic E-state index is 0.501. The molecule has 0 aliphatic carbocycles. The number of nitrogens with zero attached hydrogens (tertiary/aromatic N) is 3. The van der Waals surface area contributed by atoms with Crippen LogP contribution >= 0.6 is 0 Å². The van der Waals surface area contributed by atoms with Gasteiger partial charge >= 0.3 is 0 Å². The predicted molar refractivity (Wildman–Crippen MR) is 75.1 cm³/mol. The Morgan fingerprint density at radius 1 is 0.789 bits per heavy atom. The molecule has 92 valence electrons. The Bertz CT molecular complexity index is 681. The quantitative estimate of drug-likeness (QED) is 0.757. The van der Waals surface area contributed by atoms with Gasteiger partial charge in [0.2, 0.25) is 0 Å². The summed E-state index contributed by atoms with van der Waals surface area (Å²) >= 11 is 0. The van der Waals surface area contributed by atoms with Gasteiger partial charge in [-0.15, -0.1) is 0 Å². The van der Waals surface area contributed by atoms with Crippen LogP contribution in [-0.2, 0) is 0 Å². The van der Waals surface area contributed by atoms with Gasteiger partial charge in [0, 0.05) is 53.2 Å². The fraction of sp³-hybridized carbons (Fsp3) is 0. The highest BCUT2D eigenvalue weighted by atomic mass is 14.8. The van der Waals surface area contributed by atoms with Crippen molar-refractivity contribution in [2.75, 3.05) is 5.73 Å². The molecule has 2 N–H and O–H groups in total. The van der Waals surface area contributed by atoms with E-state index in [0.717, 1.165) is 22.3 Å². The van der Waals surface area contributed by atoms with E-state index in [4.69, 9.17) is 5.73 Å². The fourth-order valence-electron chi connectivity index (χ4n) is 1.92. The van der Waals surface area contributed by atoms with Gasteiger partial charge in [0.05, 0.1) is 0 Å². The van der Waals surface area contributed by atoms with Crippen molar-refractivity contribution in [3.8, 4) is 22.3 Å². The first kappa shape index (κ1) is 11.3. The highest BCUT2D eigenvalue weighted by Gasteiger charge is 2.06. The maximum Gasteiger partial charge on any atom is 0.131 e.